The van der Waals surface area contributed by atoms with Gasteiger partial charge in [-0.1, -0.05) is 54.1 Å². The van der Waals surface area contributed by atoms with Crippen LogP contribution in [0, 0.1) is 5.92 Å². The lowest BCUT2D eigenvalue weighted by Gasteiger charge is -2.22. The summed E-state index contributed by atoms with van der Waals surface area (Å²) in [5.41, 5.74) is 6.80. The van der Waals surface area contributed by atoms with Crippen molar-refractivity contribution in [1.82, 2.24) is 5.32 Å². The number of carbonyl (C=O) groups excluding carboxylic acids is 1. The van der Waals surface area contributed by atoms with Gasteiger partial charge in [-0.3, -0.25) is 4.79 Å². The van der Waals surface area contributed by atoms with Gasteiger partial charge >= 0.3 is 0 Å². The first-order valence-corrected chi connectivity index (χ1v) is 9.41. The van der Waals surface area contributed by atoms with Gasteiger partial charge in [0.15, 0.2) is 0 Å². The number of halogens is 1. The fraction of sp³-hybridized carbons (Fsp3) is 0.316. The molecule has 0 spiro atoms. The van der Waals surface area contributed by atoms with Crippen molar-refractivity contribution in [2.45, 2.75) is 29.0 Å². The van der Waals surface area contributed by atoms with Crippen LogP contribution >= 0.6 is 23.4 Å². The second kappa shape index (κ2) is 8.06. The van der Waals surface area contributed by atoms with Crippen molar-refractivity contribution in [2.75, 3.05) is 6.54 Å². The Balaban J connectivity index is 1.82. The summed E-state index contributed by atoms with van der Waals surface area (Å²) in [4.78, 5) is 13.8. The van der Waals surface area contributed by atoms with Crippen LogP contribution < -0.4 is 11.1 Å². The summed E-state index contributed by atoms with van der Waals surface area (Å²) in [6.07, 6.45) is 2.30. The molecular formula is C19H21ClN2OS. The molecule has 3 rings (SSSR count). The number of rotatable bonds is 7. The summed E-state index contributed by atoms with van der Waals surface area (Å²) >= 11 is 7.76. The maximum Gasteiger partial charge on any atom is 0.238 e. The van der Waals surface area contributed by atoms with Gasteiger partial charge in [-0.25, -0.2) is 0 Å². The number of nitrogens with one attached hydrogen (secondary N) is 1. The molecule has 24 heavy (non-hydrogen) atoms. The molecule has 0 aliphatic heterocycles. The van der Waals surface area contributed by atoms with Gasteiger partial charge in [0.25, 0.3) is 0 Å². The summed E-state index contributed by atoms with van der Waals surface area (Å²) in [6, 6.07) is 17.5. The Morgan fingerprint density at radius 2 is 1.83 bits per heavy atom. The van der Waals surface area contributed by atoms with Crippen LogP contribution in [-0.2, 0) is 4.79 Å². The number of hydrogen-bond donors (Lipinski definition) is 2. The molecule has 0 heterocycles. The molecule has 0 radical (unpaired) electrons. The van der Waals surface area contributed by atoms with Crippen molar-refractivity contribution < 1.29 is 4.79 Å². The van der Waals surface area contributed by atoms with E-state index in [0.29, 0.717) is 17.5 Å². The zero-order valence-electron chi connectivity index (χ0n) is 13.3. The highest BCUT2D eigenvalue weighted by molar-refractivity contribution is 8.00. The minimum Gasteiger partial charge on any atom is -0.351 e. The van der Waals surface area contributed by atoms with E-state index in [9.17, 15) is 4.79 Å². The molecule has 2 unspecified atom stereocenters. The van der Waals surface area contributed by atoms with E-state index in [-0.39, 0.29) is 17.2 Å². The number of benzene rings is 2. The molecule has 1 aliphatic rings. The third kappa shape index (κ3) is 4.32. The lowest BCUT2D eigenvalue weighted by atomic mass is 10.1. The molecule has 0 saturated heterocycles. The van der Waals surface area contributed by atoms with Gasteiger partial charge in [0.1, 0.15) is 5.25 Å². The topological polar surface area (TPSA) is 55.1 Å². The largest absolute Gasteiger partial charge is 0.351 e. The normalized spacial score (nSPS) is 16.4. The van der Waals surface area contributed by atoms with E-state index in [0.717, 1.165) is 23.3 Å². The van der Waals surface area contributed by atoms with Gasteiger partial charge in [-0.2, -0.15) is 0 Å². The number of carbonyl (C=O) groups is 1. The maximum absolute atomic E-state index is 12.9. The van der Waals surface area contributed by atoms with E-state index >= 15 is 0 Å². The van der Waals surface area contributed by atoms with Crippen LogP contribution in [0.1, 0.15) is 23.7 Å². The lowest BCUT2D eigenvalue weighted by Crippen LogP contribution is -2.43. The first-order valence-electron chi connectivity index (χ1n) is 8.15. The summed E-state index contributed by atoms with van der Waals surface area (Å²) in [6.45, 7) is 0.481. The van der Waals surface area contributed by atoms with Gasteiger partial charge in [0, 0.05) is 17.5 Å². The Hall–Kier alpha value is -1.49. The summed E-state index contributed by atoms with van der Waals surface area (Å²) in [5, 5.41) is 3.45. The minimum atomic E-state index is -0.348. The summed E-state index contributed by atoms with van der Waals surface area (Å²) in [5.74, 6) is 0.522. The molecule has 3 N–H and O–H groups in total. The first kappa shape index (κ1) is 17.3. The molecule has 1 fully saturated rings. The minimum absolute atomic E-state index is 0.00605. The quantitative estimate of drug-likeness (QED) is 0.733. The van der Waals surface area contributed by atoms with Gasteiger partial charge < -0.3 is 11.1 Å². The van der Waals surface area contributed by atoms with E-state index in [4.69, 9.17) is 17.3 Å². The molecule has 0 bridgehead atoms. The van der Waals surface area contributed by atoms with Crippen LogP contribution in [0.4, 0.5) is 0 Å². The van der Waals surface area contributed by atoms with E-state index < -0.39 is 0 Å². The average molecular weight is 361 g/mol. The van der Waals surface area contributed by atoms with Crippen molar-refractivity contribution in [1.29, 1.82) is 0 Å². The predicted octanol–water partition coefficient (Wildman–Crippen LogP) is 4.03. The van der Waals surface area contributed by atoms with E-state index in [2.05, 4.69) is 5.32 Å². The summed E-state index contributed by atoms with van der Waals surface area (Å²) < 4.78 is 0. The fourth-order valence-corrected chi connectivity index (χ4v) is 4.02. The fourth-order valence-electron chi connectivity index (χ4n) is 2.69. The Bertz CT molecular complexity index is 691. The van der Waals surface area contributed by atoms with Crippen LogP contribution in [0.2, 0.25) is 5.02 Å². The van der Waals surface area contributed by atoms with Crippen molar-refractivity contribution in [2.24, 2.45) is 11.7 Å². The molecule has 5 heteroatoms. The molecule has 126 valence electrons. The zero-order valence-corrected chi connectivity index (χ0v) is 14.9. The van der Waals surface area contributed by atoms with Crippen molar-refractivity contribution >= 4 is 29.3 Å². The number of nitrogens with two attached hydrogens (primary N) is 1. The van der Waals surface area contributed by atoms with Crippen molar-refractivity contribution in [3.8, 4) is 0 Å². The van der Waals surface area contributed by atoms with Gasteiger partial charge in [0.05, 0.1) is 5.02 Å². The standard InChI is InChI=1S/C19H21ClN2OS/c20-15-8-4-5-9-17(15)24-18(14-6-2-1-3-7-14)19(23)22-16(12-21)13-10-11-13/h1-9,13,16,18H,10-12,21H2,(H,22,23). The number of amides is 1. The average Bonchev–Trinajstić information content (AvgIpc) is 3.44. The Morgan fingerprint density at radius 1 is 1.17 bits per heavy atom. The van der Waals surface area contributed by atoms with E-state index in [1.807, 2.05) is 54.6 Å². The Kier molecular flexibility index (Phi) is 5.82. The van der Waals surface area contributed by atoms with Crippen LogP contribution in [0.25, 0.3) is 0 Å². The third-order valence-corrected chi connectivity index (χ3v) is 5.97. The predicted molar refractivity (Wildman–Crippen MR) is 100 cm³/mol. The highest BCUT2D eigenvalue weighted by Crippen LogP contribution is 2.39. The molecule has 1 amide bonds. The Labute approximate surface area is 152 Å². The van der Waals surface area contributed by atoms with Crippen molar-refractivity contribution in [3.05, 3.63) is 65.2 Å². The second-order valence-corrected chi connectivity index (χ2v) is 7.58. The van der Waals surface area contributed by atoms with Crippen LogP contribution in [0.3, 0.4) is 0 Å². The molecule has 2 aromatic rings. The number of hydrogen-bond acceptors (Lipinski definition) is 3. The van der Waals surface area contributed by atoms with Crippen LogP contribution in [0.5, 0.6) is 0 Å². The molecule has 0 aromatic heterocycles. The smallest absolute Gasteiger partial charge is 0.238 e. The molecular weight excluding hydrogens is 340 g/mol. The van der Waals surface area contributed by atoms with Gasteiger partial charge in [0.2, 0.25) is 5.91 Å². The molecule has 1 aliphatic carbocycles. The van der Waals surface area contributed by atoms with Crippen LogP contribution in [-0.4, -0.2) is 18.5 Å². The van der Waals surface area contributed by atoms with E-state index in [1.54, 1.807) is 0 Å². The maximum atomic E-state index is 12.9. The second-order valence-electron chi connectivity index (χ2n) is 6.03. The molecule has 2 atom stereocenters. The summed E-state index contributed by atoms with van der Waals surface area (Å²) in [7, 11) is 0. The third-order valence-electron chi connectivity index (χ3n) is 4.19. The van der Waals surface area contributed by atoms with Crippen molar-refractivity contribution in [3.63, 3.8) is 0 Å². The van der Waals surface area contributed by atoms with E-state index in [1.165, 1.54) is 11.8 Å². The van der Waals surface area contributed by atoms with Crippen LogP contribution in [0.15, 0.2) is 59.5 Å². The zero-order chi connectivity index (χ0) is 16.9. The van der Waals surface area contributed by atoms with Gasteiger partial charge in [-0.15, -0.1) is 11.8 Å². The number of thioether (sulfide) groups is 1. The SMILES string of the molecule is NCC(NC(=O)C(Sc1ccccc1Cl)c1ccccc1)C1CC1. The Morgan fingerprint density at radius 3 is 2.46 bits per heavy atom. The lowest BCUT2D eigenvalue weighted by molar-refractivity contribution is -0.121. The molecule has 3 nitrogen and oxygen atoms in total. The highest BCUT2D eigenvalue weighted by atomic mass is 35.5. The molecule has 1 saturated carbocycles. The highest BCUT2D eigenvalue weighted by Gasteiger charge is 2.33. The first-order chi connectivity index (χ1) is 11.7. The van der Waals surface area contributed by atoms with Gasteiger partial charge in [-0.05, 0) is 36.5 Å². The monoisotopic (exact) mass is 360 g/mol. The molecule has 2 aromatic carbocycles.